The second-order valence-electron chi connectivity index (χ2n) is 8.60. The minimum Gasteiger partial charge on any atom is -0.463 e. The highest BCUT2D eigenvalue weighted by Crippen LogP contribution is 2.13. The highest BCUT2D eigenvalue weighted by Gasteiger charge is 2.11. The number of carbonyl (C=O) groups is 1. The third-order valence-corrected chi connectivity index (χ3v) is 5.62. The van der Waals surface area contributed by atoms with Gasteiger partial charge in [0.25, 0.3) is 0 Å². The van der Waals surface area contributed by atoms with Crippen LogP contribution in [-0.2, 0) is 25.6 Å². The van der Waals surface area contributed by atoms with Crippen LogP contribution in [0.4, 0.5) is 0 Å². The summed E-state index contributed by atoms with van der Waals surface area (Å²) in [5, 5.41) is 9.38. The van der Waals surface area contributed by atoms with Crippen LogP contribution >= 0.6 is 0 Å². The van der Waals surface area contributed by atoms with E-state index in [9.17, 15) is 9.90 Å². The molecule has 1 rings (SSSR count). The molecule has 0 saturated heterocycles. The molecule has 0 fully saturated rings. The van der Waals surface area contributed by atoms with Crippen LogP contribution in [0.3, 0.4) is 0 Å². The van der Waals surface area contributed by atoms with Crippen molar-refractivity contribution in [2.45, 2.75) is 110 Å². The van der Waals surface area contributed by atoms with E-state index in [0.29, 0.717) is 13.0 Å². The third-order valence-electron chi connectivity index (χ3n) is 5.62. The maximum absolute atomic E-state index is 11.9. The van der Waals surface area contributed by atoms with Crippen molar-refractivity contribution in [1.82, 2.24) is 0 Å². The van der Waals surface area contributed by atoms with E-state index in [1.54, 1.807) is 0 Å². The van der Waals surface area contributed by atoms with Gasteiger partial charge in [0.2, 0.25) is 0 Å². The zero-order valence-electron chi connectivity index (χ0n) is 20.3. The molecule has 0 amide bonds. The van der Waals surface area contributed by atoms with Crippen molar-refractivity contribution < 1.29 is 24.1 Å². The number of aliphatic hydroxyl groups is 1. The first-order valence-electron chi connectivity index (χ1n) is 12.8. The SMILES string of the molecule is CCCCCCCCCCCCCCCC(=O)OC[C@H](CO)OCOCc1ccccc1. The zero-order chi connectivity index (χ0) is 23.1. The van der Waals surface area contributed by atoms with E-state index >= 15 is 0 Å². The molecule has 5 heteroatoms. The molecule has 0 bridgehead atoms. The van der Waals surface area contributed by atoms with Crippen molar-refractivity contribution in [3.8, 4) is 0 Å². The Morgan fingerprint density at radius 2 is 1.41 bits per heavy atom. The monoisotopic (exact) mass is 450 g/mol. The molecule has 0 spiro atoms. The van der Waals surface area contributed by atoms with Gasteiger partial charge in [-0.15, -0.1) is 0 Å². The topological polar surface area (TPSA) is 65.0 Å². The van der Waals surface area contributed by atoms with Crippen molar-refractivity contribution in [2.24, 2.45) is 0 Å². The first kappa shape index (κ1) is 28.6. The van der Waals surface area contributed by atoms with E-state index in [4.69, 9.17) is 14.2 Å². The van der Waals surface area contributed by atoms with E-state index in [0.717, 1.165) is 18.4 Å². The van der Waals surface area contributed by atoms with Gasteiger partial charge in [-0.3, -0.25) is 4.79 Å². The van der Waals surface area contributed by atoms with Crippen LogP contribution < -0.4 is 0 Å². The quantitative estimate of drug-likeness (QED) is 0.123. The van der Waals surface area contributed by atoms with Crippen molar-refractivity contribution in [2.75, 3.05) is 20.0 Å². The van der Waals surface area contributed by atoms with E-state index < -0.39 is 6.10 Å². The molecule has 1 aromatic carbocycles. The van der Waals surface area contributed by atoms with Crippen LogP contribution in [0.5, 0.6) is 0 Å². The summed E-state index contributed by atoms with van der Waals surface area (Å²) in [5.74, 6) is -0.222. The summed E-state index contributed by atoms with van der Waals surface area (Å²) in [6.07, 6.45) is 16.5. The molecular weight excluding hydrogens is 404 g/mol. The minimum atomic E-state index is -0.554. The normalized spacial score (nSPS) is 12.1. The van der Waals surface area contributed by atoms with Crippen LogP contribution in [0.1, 0.15) is 102 Å². The number of unbranched alkanes of at least 4 members (excludes halogenated alkanes) is 12. The van der Waals surface area contributed by atoms with Gasteiger partial charge in [-0.2, -0.15) is 0 Å². The Kier molecular flexibility index (Phi) is 19.1. The summed E-state index contributed by atoms with van der Waals surface area (Å²) in [5.41, 5.74) is 1.06. The number of ether oxygens (including phenoxy) is 3. The fourth-order valence-corrected chi connectivity index (χ4v) is 3.58. The molecule has 184 valence electrons. The Balaban J connectivity index is 1.89. The van der Waals surface area contributed by atoms with Gasteiger partial charge < -0.3 is 19.3 Å². The lowest BCUT2D eigenvalue weighted by molar-refractivity contribution is -0.157. The predicted octanol–water partition coefficient (Wildman–Crippen LogP) is 6.56. The second kappa shape index (κ2) is 21.4. The number of benzene rings is 1. The summed E-state index contributed by atoms with van der Waals surface area (Å²) in [6.45, 7) is 2.61. The molecule has 0 unspecified atom stereocenters. The Morgan fingerprint density at radius 3 is 1.97 bits per heavy atom. The largest absolute Gasteiger partial charge is 0.463 e. The Labute approximate surface area is 195 Å². The van der Waals surface area contributed by atoms with Gasteiger partial charge in [0.1, 0.15) is 19.5 Å². The lowest BCUT2D eigenvalue weighted by Gasteiger charge is -2.15. The van der Waals surface area contributed by atoms with Gasteiger partial charge in [-0.25, -0.2) is 0 Å². The number of esters is 1. The molecule has 0 aromatic heterocycles. The fourth-order valence-electron chi connectivity index (χ4n) is 3.58. The lowest BCUT2D eigenvalue weighted by Crippen LogP contribution is -2.26. The number of hydrogen-bond donors (Lipinski definition) is 1. The highest BCUT2D eigenvalue weighted by atomic mass is 16.7. The van der Waals surface area contributed by atoms with Crippen molar-refractivity contribution in [1.29, 1.82) is 0 Å². The summed E-state index contributed by atoms with van der Waals surface area (Å²) in [6, 6.07) is 9.80. The summed E-state index contributed by atoms with van der Waals surface area (Å²) in [4.78, 5) is 11.9. The highest BCUT2D eigenvalue weighted by molar-refractivity contribution is 5.69. The number of carbonyl (C=O) groups excluding carboxylic acids is 1. The standard InChI is InChI=1S/C27H46O5/c1-2-3-4-5-6-7-8-9-10-11-12-13-17-20-27(29)31-23-26(21-28)32-24-30-22-25-18-15-14-16-19-25/h14-16,18-19,26,28H,2-13,17,20-24H2,1H3/t26-/m0/s1. The molecule has 1 atom stereocenters. The molecular formula is C27H46O5. The molecule has 0 aliphatic heterocycles. The van der Waals surface area contributed by atoms with Crippen LogP contribution in [0, 0.1) is 0 Å². The smallest absolute Gasteiger partial charge is 0.305 e. The number of rotatable bonds is 22. The van der Waals surface area contributed by atoms with Crippen LogP contribution in [0.2, 0.25) is 0 Å². The van der Waals surface area contributed by atoms with E-state index in [1.807, 2.05) is 30.3 Å². The molecule has 0 saturated carbocycles. The Hall–Kier alpha value is -1.43. The average Bonchev–Trinajstić information content (AvgIpc) is 2.82. The Bertz CT molecular complexity index is 534. The zero-order valence-corrected chi connectivity index (χ0v) is 20.3. The predicted molar refractivity (Wildman–Crippen MR) is 129 cm³/mol. The molecule has 1 aromatic rings. The summed E-state index contributed by atoms with van der Waals surface area (Å²) >= 11 is 0. The maximum Gasteiger partial charge on any atom is 0.305 e. The second-order valence-corrected chi connectivity index (χ2v) is 8.60. The van der Waals surface area contributed by atoms with E-state index in [1.165, 1.54) is 70.6 Å². The molecule has 32 heavy (non-hydrogen) atoms. The molecule has 1 N–H and O–H groups in total. The van der Waals surface area contributed by atoms with Gasteiger partial charge in [-0.1, -0.05) is 114 Å². The lowest BCUT2D eigenvalue weighted by atomic mass is 10.0. The summed E-state index contributed by atoms with van der Waals surface area (Å²) < 4.78 is 16.1. The molecule has 0 radical (unpaired) electrons. The first-order valence-corrected chi connectivity index (χ1v) is 12.8. The van der Waals surface area contributed by atoms with Gasteiger partial charge in [-0.05, 0) is 12.0 Å². The minimum absolute atomic E-state index is 0.0521. The van der Waals surface area contributed by atoms with Crippen molar-refractivity contribution in [3.63, 3.8) is 0 Å². The average molecular weight is 451 g/mol. The van der Waals surface area contributed by atoms with Gasteiger partial charge >= 0.3 is 5.97 Å². The molecule has 5 nitrogen and oxygen atoms in total. The fraction of sp³-hybridized carbons (Fsp3) is 0.741. The maximum atomic E-state index is 11.9. The van der Waals surface area contributed by atoms with Crippen LogP contribution in [0.15, 0.2) is 30.3 Å². The number of aliphatic hydroxyl groups excluding tert-OH is 1. The third kappa shape index (κ3) is 17.2. The van der Waals surface area contributed by atoms with Crippen molar-refractivity contribution >= 4 is 5.97 Å². The molecule has 0 heterocycles. The van der Waals surface area contributed by atoms with E-state index in [-0.39, 0.29) is 26.0 Å². The van der Waals surface area contributed by atoms with Gasteiger partial charge in [0, 0.05) is 6.42 Å². The number of hydrogen-bond acceptors (Lipinski definition) is 5. The van der Waals surface area contributed by atoms with Crippen LogP contribution in [-0.4, -0.2) is 37.2 Å². The van der Waals surface area contributed by atoms with Crippen LogP contribution in [0.25, 0.3) is 0 Å². The molecule has 0 aliphatic rings. The summed E-state index contributed by atoms with van der Waals surface area (Å²) in [7, 11) is 0. The first-order chi connectivity index (χ1) is 15.8. The Morgan fingerprint density at radius 1 is 0.844 bits per heavy atom. The van der Waals surface area contributed by atoms with Gasteiger partial charge in [0.15, 0.2) is 0 Å². The molecule has 0 aliphatic carbocycles. The van der Waals surface area contributed by atoms with E-state index in [2.05, 4.69) is 6.92 Å². The van der Waals surface area contributed by atoms with Crippen molar-refractivity contribution in [3.05, 3.63) is 35.9 Å². The van der Waals surface area contributed by atoms with Gasteiger partial charge in [0.05, 0.1) is 13.2 Å².